The van der Waals surface area contributed by atoms with E-state index in [0.717, 1.165) is 38.3 Å². The van der Waals surface area contributed by atoms with Crippen LogP contribution in [0.25, 0.3) is 0 Å². The Bertz CT molecular complexity index is 522. The molecule has 132 valence electrons. The summed E-state index contributed by atoms with van der Waals surface area (Å²) in [7, 11) is 0. The van der Waals surface area contributed by atoms with Gasteiger partial charge in [-0.15, -0.1) is 0 Å². The minimum absolute atomic E-state index is 0.191. The summed E-state index contributed by atoms with van der Waals surface area (Å²) in [6.07, 6.45) is 1.18. The number of para-hydroxylation sites is 1. The molecule has 0 aromatic heterocycles. The summed E-state index contributed by atoms with van der Waals surface area (Å²) < 4.78 is 5.73. The van der Waals surface area contributed by atoms with Crippen LogP contribution in [-0.2, 0) is 4.79 Å². The normalized spacial score (nSPS) is 27.4. The van der Waals surface area contributed by atoms with Gasteiger partial charge < -0.3 is 14.7 Å². The van der Waals surface area contributed by atoms with Crippen molar-refractivity contribution in [2.45, 2.75) is 18.9 Å². The molecule has 0 saturated carbocycles. The Morgan fingerprint density at radius 2 is 2.12 bits per heavy atom. The van der Waals surface area contributed by atoms with E-state index in [9.17, 15) is 9.90 Å². The number of carboxylic acid groups (broad SMARTS) is 1. The summed E-state index contributed by atoms with van der Waals surface area (Å²) in [5.41, 5.74) is 9.19. The first-order valence-corrected chi connectivity index (χ1v) is 8.58. The van der Waals surface area contributed by atoms with Gasteiger partial charge in [0, 0.05) is 38.6 Å². The fourth-order valence-corrected chi connectivity index (χ4v) is 3.68. The molecule has 0 spiro atoms. The van der Waals surface area contributed by atoms with Crippen LogP contribution >= 0.6 is 0 Å². The SMILES string of the molecule is O=C(O)C[C@@H]1CN(CCCOc2ccccc2)C[C@@H]1C1CNNN1. The number of carboxylic acids is 1. The monoisotopic (exact) mass is 334 g/mol. The molecule has 2 aliphatic heterocycles. The second kappa shape index (κ2) is 8.43. The summed E-state index contributed by atoms with van der Waals surface area (Å²) in [5.74, 6) is 0.724. The van der Waals surface area contributed by atoms with Crippen molar-refractivity contribution in [3.63, 3.8) is 0 Å². The van der Waals surface area contributed by atoms with Gasteiger partial charge in [0.25, 0.3) is 0 Å². The second-order valence-electron chi connectivity index (χ2n) is 6.55. The van der Waals surface area contributed by atoms with Crippen LogP contribution < -0.4 is 21.1 Å². The highest BCUT2D eigenvalue weighted by Gasteiger charge is 2.39. The van der Waals surface area contributed by atoms with E-state index < -0.39 is 5.97 Å². The van der Waals surface area contributed by atoms with Crippen molar-refractivity contribution in [2.75, 3.05) is 32.8 Å². The zero-order valence-electron chi connectivity index (χ0n) is 13.8. The fraction of sp³-hybridized carbons (Fsp3) is 0.588. The number of aliphatic carboxylic acids is 1. The third-order valence-electron chi connectivity index (χ3n) is 4.82. The summed E-state index contributed by atoms with van der Waals surface area (Å²) in [4.78, 5) is 13.5. The minimum atomic E-state index is -0.710. The van der Waals surface area contributed by atoms with Crippen LogP contribution in [0.3, 0.4) is 0 Å². The molecule has 7 heteroatoms. The third kappa shape index (κ3) is 4.67. The molecule has 0 radical (unpaired) electrons. The first-order chi connectivity index (χ1) is 11.7. The Labute approximate surface area is 142 Å². The molecule has 2 saturated heterocycles. The Morgan fingerprint density at radius 1 is 1.29 bits per heavy atom. The molecule has 1 aromatic rings. The molecule has 4 N–H and O–H groups in total. The number of benzene rings is 1. The van der Waals surface area contributed by atoms with Crippen molar-refractivity contribution in [2.24, 2.45) is 11.8 Å². The minimum Gasteiger partial charge on any atom is -0.494 e. The average molecular weight is 334 g/mol. The summed E-state index contributed by atoms with van der Waals surface area (Å²) >= 11 is 0. The molecule has 3 atom stereocenters. The van der Waals surface area contributed by atoms with Crippen LogP contribution in [0.1, 0.15) is 12.8 Å². The van der Waals surface area contributed by atoms with Gasteiger partial charge in [0.1, 0.15) is 5.75 Å². The summed E-state index contributed by atoms with van der Waals surface area (Å²) in [5, 5.41) is 9.17. The maximum absolute atomic E-state index is 11.1. The van der Waals surface area contributed by atoms with Gasteiger partial charge >= 0.3 is 5.97 Å². The molecule has 0 aliphatic carbocycles. The van der Waals surface area contributed by atoms with Gasteiger partial charge in [0.15, 0.2) is 0 Å². The Balaban J connectivity index is 1.44. The molecule has 1 aromatic carbocycles. The van der Waals surface area contributed by atoms with Crippen LogP contribution in [0.4, 0.5) is 0 Å². The predicted octanol–water partition coefficient (Wildman–Crippen LogP) is 0.459. The number of hydrogen-bond acceptors (Lipinski definition) is 6. The van der Waals surface area contributed by atoms with E-state index in [-0.39, 0.29) is 18.4 Å². The zero-order chi connectivity index (χ0) is 16.8. The molecule has 3 rings (SSSR count). The first kappa shape index (κ1) is 17.2. The van der Waals surface area contributed by atoms with E-state index >= 15 is 0 Å². The van der Waals surface area contributed by atoms with E-state index in [2.05, 4.69) is 21.3 Å². The Hall–Kier alpha value is -1.67. The molecule has 2 fully saturated rings. The lowest BCUT2D eigenvalue weighted by Crippen LogP contribution is -2.41. The Kier molecular flexibility index (Phi) is 6.03. The van der Waals surface area contributed by atoms with Gasteiger partial charge in [-0.1, -0.05) is 18.2 Å². The van der Waals surface area contributed by atoms with Gasteiger partial charge in [0.2, 0.25) is 0 Å². The maximum atomic E-state index is 11.1. The van der Waals surface area contributed by atoms with E-state index in [1.165, 1.54) is 0 Å². The lowest BCUT2D eigenvalue weighted by Gasteiger charge is -2.22. The van der Waals surface area contributed by atoms with Crippen LogP contribution in [0.2, 0.25) is 0 Å². The smallest absolute Gasteiger partial charge is 0.303 e. The summed E-state index contributed by atoms with van der Waals surface area (Å²) in [6, 6.07) is 10.1. The van der Waals surface area contributed by atoms with E-state index in [1.54, 1.807) is 0 Å². The average Bonchev–Trinajstić information content (AvgIpc) is 3.21. The van der Waals surface area contributed by atoms with Gasteiger partial charge in [-0.3, -0.25) is 4.79 Å². The molecule has 7 nitrogen and oxygen atoms in total. The number of likely N-dealkylation sites (tertiary alicyclic amines) is 1. The molecular weight excluding hydrogens is 308 g/mol. The molecule has 2 aliphatic rings. The van der Waals surface area contributed by atoms with Crippen LogP contribution in [0.5, 0.6) is 5.75 Å². The number of nitrogens with one attached hydrogen (secondary N) is 3. The molecule has 2 heterocycles. The topological polar surface area (TPSA) is 85.9 Å². The van der Waals surface area contributed by atoms with E-state index in [0.29, 0.717) is 12.5 Å². The first-order valence-electron chi connectivity index (χ1n) is 8.58. The number of nitrogens with zero attached hydrogens (tertiary/aromatic N) is 1. The van der Waals surface area contributed by atoms with E-state index in [4.69, 9.17) is 4.74 Å². The number of carbonyl (C=O) groups is 1. The molecular formula is C17H26N4O3. The van der Waals surface area contributed by atoms with Gasteiger partial charge in [-0.05, 0) is 30.4 Å². The molecule has 0 bridgehead atoms. The molecule has 24 heavy (non-hydrogen) atoms. The molecule has 1 unspecified atom stereocenters. The highest BCUT2D eigenvalue weighted by molar-refractivity contribution is 5.67. The van der Waals surface area contributed by atoms with Crippen LogP contribution in [0.15, 0.2) is 30.3 Å². The highest BCUT2D eigenvalue weighted by Crippen LogP contribution is 2.29. The van der Waals surface area contributed by atoms with Crippen LogP contribution in [0, 0.1) is 11.8 Å². The predicted molar refractivity (Wildman–Crippen MR) is 90.3 cm³/mol. The third-order valence-corrected chi connectivity index (χ3v) is 4.82. The maximum Gasteiger partial charge on any atom is 0.303 e. The zero-order valence-corrected chi connectivity index (χ0v) is 13.8. The fourth-order valence-electron chi connectivity index (χ4n) is 3.68. The summed E-state index contributed by atoms with van der Waals surface area (Å²) in [6.45, 7) is 4.23. The van der Waals surface area contributed by atoms with Crippen molar-refractivity contribution in [3.8, 4) is 5.75 Å². The molecule has 0 amide bonds. The second-order valence-corrected chi connectivity index (χ2v) is 6.55. The Morgan fingerprint density at radius 3 is 2.83 bits per heavy atom. The quantitative estimate of drug-likeness (QED) is 0.514. The van der Waals surface area contributed by atoms with Gasteiger partial charge in [-0.2, -0.15) is 5.53 Å². The van der Waals surface area contributed by atoms with Gasteiger partial charge in [0.05, 0.1) is 6.61 Å². The van der Waals surface area contributed by atoms with Crippen molar-refractivity contribution in [1.29, 1.82) is 0 Å². The lowest BCUT2D eigenvalue weighted by molar-refractivity contribution is -0.138. The largest absolute Gasteiger partial charge is 0.494 e. The van der Waals surface area contributed by atoms with Crippen LogP contribution in [-0.4, -0.2) is 54.8 Å². The number of hydrazine groups is 2. The van der Waals surface area contributed by atoms with E-state index in [1.807, 2.05) is 30.3 Å². The van der Waals surface area contributed by atoms with Crippen molar-refractivity contribution in [1.82, 2.24) is 21.3 Å². The van der Waals surface area contributed by atoms with Crippen molar-refractivity contribution >= 4 is 5.97 Å². The van der Waals surface area contributed by atoms with Gasteiger partial charge in [-0.25, -0.2) is 10.9 Å². The lowest BCUT2D eigenvalue weighted by atomic mass is 9.87. The number of hydrogen-bond donors (Lipinski definition) is 4. The van der Waals surface area contributed by atoms with Crippen molar-refractivity contribution < 1.29 is 14.6 Å². The standard InChI is InChI=1S/C17H26N4O3/c22-17(23)9-13-11-21(12-15(13)16-10-18-20-19-16)7-4-8-24-14-5-2-1-3-6-14/h1-3,5-6,13,15-16,18-20H,4,7-12H2,(H,22,23)/t13-,15+,16?/m1/s1. The van der Waals surface area contributed by atoms with Crippen molar-refractivity contribution in [3.05, 3.63) is 30.3 Å². The number of ether oxygens (including phenoxy) is 1. The number of rotatable bonds is 8. The highest BCUT2D eigenvalue weighted by atomic mass is 16.5.